The van der Waals surface area contributed by atoms with Gasteiger partial charge < -0.3 is 0 Å². The molecule has 0 aliphatic heterocycles. The normalized spacial score (nSPS) is 13.0. The topological polar surface area (TPSA) is 0 Å². The van der Waals surface area contributed by atoms with E-state index in [9.17, 15) is 0 Å². The second kappa shape index (κ2) is 4.36. The van der Waals surface area contributed by atoms with E-state index in [0.717, 1.165) is 0 Å². The van der Waals surface area contributed by atoms with Crippen molar-refractivity contribution in [3.8, 4) is 0 Å². The molecule has 0 aromatic heterocycles. The molecule has 1 aromatic carbocycles. The molecular formula is C12H22Sn2. The van der Waals surface area contributed by atoms with Gasteiger partial charge in [0.15, 0.2) is 0 Å². The van der Waals surface area contributed by atoms with Crippen LogP contribution in [-0.2, 0) is 0 Å². The van der Waals surface area contributed by atoms with Gasteiger partial charge >= 0.3 is 97.8 Å². The molecule has 0 nitrogen and oxygen atoms in total. The molecule has 0 fully saturated rings. The fraction of sp³-hybridized carbons (Fsp3) is 0.500. The molecule has 78 valence electrons. The van der Waals surface area contributed by atoms with Crippen molar-refractivity contribution in [1.82, 2.24) is 0 Å². The summed E-state index contributed by atoms with van der Waals surface area (Å²) >= 11 is -3.59. The zero-order valence-electron chi connectivity index (χ0n) is 10.3. The van der Waals surface area contributed by atoms with Gasteiger partial charge in [-0.1, -0.05) is 0 Å². The number of benzene rings is 1. The van der Waals surface area contributed by atoms with Gasteiger partial charge in [0.1, 0.15) is 0 Å². The minimum atomic E-state index is -1.80. The Bertz CT molecular complexity index is 266. The van der Waals surface area contributed by atoms with E-state index >= 15 is 0 Å². The molecule has 0 saturated carbocycles. The quantitative estimate of drug-likeness (QED) is 0.666. The Labute approximate surface area is 96.9 Å². The summed E-state index contributed by atoms with van der Waals surface area (Å²) < 4.78 is 3.30. The number of rotatable bonds is 2. The van der Waals surface area contributed by atoms with E-state index in [1.54, 1.807) is 7.16 Å². The van der Waals surface area contributed by atoms with Crippen molar-refractivity contribution in [1.29, 1.82) is 0 Å². The Hall–Kier alpha value is 0.817. The summed E-state index contributed by atoms with van der Waals surface area (Å²) in [6, 6.07) is 9.59. The maximum absolute atomic E-state index is 2.48. The van der Waals surface area contributed by atoms with Crippen LogP contribution in [0.3, 0.4) is 0 Å². The van der Waals surface area contributed by atoms with E-state index in [2.05, 4.69) is 53.9 Å². The second-order valence-corrected chi connectivity index (χ2v) is 35.1. The van der Waals surface area contributed by atoms with E-state index in [0.29, 0.717) is 0 Å². The molecule has 0 N–H and O–H groups in total. The van der Waals surface area contributed by atoms with Crippen LogP contribution in [0, 0.1) is 0 Å². The average Bonchev–Trinajstić information content (AvgIpc) is 2.01. The third-order valence-electron chi connectivity index (χ3n) is 2.62. The van der Waals surface area contributed by atoms with Crippen LogP contribution in [-0.4, -0.2) is 36.8 Å². The first kappa shape index (κ1) is 12.9. The van der Waals surface area contributed by atoms with Gasteiger partial charge in [-0.3, -0.25) is 0 Å². The summed E-state index contributed by atoms with van der Waals surface area (Å²) in [7, 11) is 0. The Kier molecular flexibility index (Phi) is 4.01. The van der Waals surface area contributed by atoms with E-state index < -0.39 is 36.8 Å². The molecule has 0 radical (unpaired) electrons. The van der Waals surface area contributed by atoms with Crippen LogP contribution in [0.1, 0.15) is 0 Å². The van der Waals surface area contributed by atoms with Crippen molar-refractivity contribution in [2.75, 3.05) is 0 Å². The zero-order chi connectivity index (χ0) is 11.0. The minimum absolute atomic E-state index is 1.65. The molecule has 0 atom stereocenters. The average molecular weight is 404 g/mol. The van der Waals surface area contributed by atoms with Crippen LogP contribution in [0.2, 0.25) is 29.6 Å². The van der Waals surface area contributed by atoms with E-state index in [1.807, 2.05) is 0 Å². The van der Waals surface area contributed by atoms with Crippen LogP contribution in [0.5, 0.6) is 0 Å². The first-order valence-electron chi connectivity index (χ1n) is 5.32. The fourth-order valence-electron chi connectivity index (χ4n) is 1.47. The van der Waals surface area contributed by atoms with Crippen molar-refractivity contribution < 1.29 is 0 Å². The zero-order valence-corrected chi connectivity index (χ0v) is 16.0. The summed E-state index contributed by atoms with van der Waals surface area (Å²) in [5.41, 5.74) is 0. The Morgan fingerprint density at radius 2 is 0.786 bits per heavy atom. The maximum atomic E-state index is 2.48. The predicted octanol–water partition coefficient (Wildman–Crippen LogP) is 2.78. The summed E-state index contributed by atoms with van der Waals surface area (Å²) in [5.74, 6) is 0. The van der Waals surface area contributed by atoms with Gasteiger partial charge in [-0.25, -0.2) is 0 Å². The first-order valence-corrected chi connectivity index (χ1v) is 25.3. The summed E-state index contributed by atoms with van der Waals surface area (Å²) in [5, 5.41) is 0. The van der Waals surface area contributed by atoms with Crippen LogP contribution < -0.4 is 7.16 Å². The monoisotopic (exact) mass is 406 g/mol. The third kappa shape index (κ3) is 3.44. The standard InChI is InChI=1S/C6H4.6CH3.2Sn/c1-2-4-6-5-3-1;;;;;;;;/h1-2,5-6H;6*1H3;;. The molecule has 0 heterocycles. The molecule has 14 heavy (non-hydrogen) atoms. The van der Waals surface area contributed by atoms with E-state index in [4.69, 9.17) is 0 Å². The van der Waals surface area contributed by atoms with Crippen molar-refractivity contribution in [3.63, 3.8) is 0 Å². The Balaban J connectivity index is 3.02. The molecule has 1 aromatic rings. The molecule has 2 heteroatoms. The fourth-order valence-corrected chi connectivity index (χ4v) is 8.13. The van der Waals surface area contributed by atoms with E-state index in [-0.39, 0.29) is 0 Å². The van der Waals surface area contributed by atoms with Gasteiger partial charge in [0.25, 0.3) is 0 Å². The van der Waals surface area contributed by atoms with Crippen LogP contribution in [0.4, 0.5) is 0 Å². The molecule has 0 unspecified atom stereocenters. The molecule has 0 amide bonds. The molecule has 1 rings (SSSR count). The van der Waals surface area contributed by atoms with Gasteiger partial charge in [0, 0.05) is 0 Å². The van der Waals surface area contributed by atoms with Gasteiger partial charge in [0.05, 0.1) is 0 Å². The first-order chi connectivity index (χ1) is 6.21. The SMILES string of the molecule is [CH3][Sn]([CH3])([CH3])[c]1cc[c]([Sn]([CH3])([CH3])[CH3])cc1. The molecule has 0 bridgehead atoms. The summed E-state index contributed by atoms with van der Waals surface area (Å²) in [4.78, 5) is 14.9. The molecular weight excluding hydrogens is 382 g/mol. The number of hydrogen-bond donors (Lipinski definition) is 0. The Morgan fingerprint density at radius 1 is 0.571 bits per heavy atom. The van der Waals surface area contributed by atoms with Gasteiger partial charge in [0.2, 0.25) is 0 Å². The predicted molar refractivity (Wildman–Crippen MR) is 72.4 cm³/mol. The molecule has 0 saturated heterocycles. The van der Waals surface area contributed by atoms with Crippen molar-refractivity contribution >= 4 is 43.9 Å². The van der Waals surface area contributed by atoms with Gasteiger partial charge in [-0.05, 0) is 0 Å². The summed E-state index contributed by atoms with van der Waals surface area (Å²) in [6.07, 6.45) is 0. The molecule has 0 aliphatic carbocycles. The third-order valence-corrected chi connectivity index (χ3v) is 14.4. The van der Waals surface area contributed by atoms with Crippen molar-refractivity contribution in [2.24, 2.45) is 0 Å². The Morgan fingerprint density at radius 3 is 0.929 bits per heavy atom. The van der Waals surface area contributed by atoms with E-state index in [1.165, 1.54) is 0 Å². The van der Waals surface area contributed by atoms with Gasteiger partial charge in [-0.15, -0.1) is 0 Å². The van der Waals surface area contributed by atoms with Crippen LogP contribution in [0.15, 0.2) is 24.3 Å². The molecule has 0 aliphatic rings. The van der Waals surface area contributed by atoms with Crippen molar-refractivity contribution in [3.05, 3.63) is 24.3 Å². The number of hydrogen-bond acceptors (Lipinski definition) is 0. The van der Waals surface area contributed by atoms with Crippen LogP contribution >= 0.6 is 0 Å². The van der Waals surface area contributed by atoms with Gasteiger partial charge in [-0.2, -0.15) is 0 Å². The second-order valence-electron chi connectivity index (χ2n) is 6.08. The molecule has 0 spiro atoms. The van der Waals surface area contributed by atoms with Crippen molar-refractivity contribution in [2.45, 2.75) is 29.6 Å². The summed E-state index contributed by atoms with van der Waals surface area (Å²) in [6.45, 7) is 0. The van der Waals surface area contributed by atoms with Crippen LogP contribution in [0.25, 0.3) is 0 Å².